The second-order valence-electron chi connectivity index (χ2n) is 5.84. The number of benzene rings is 1. The number of aliphatic hydroxyl groups is 1. The first-order valence-corrected chi connectivity index (χ1v) is 7.56. The molecule has 1 aromatic heterocycles. The molecule has 1 saturated carbocycles. The molecule has 1 atom stereocenters. The van der Waals surface area contributed by atoms with Gasteiger partial charge in [0.2, 0.25) is 0 Å². The topological polar surface area (TPSA) is 68.4 Å². The molecule has 0 aliphatic heterocycles. The highest BCUT2D eigenvalue weighted by Crippen LogP contribution is 2.38. The molecule has 2 aromatic rings. The lowest BCUT2D eigenvalue weighted by Gasteiger charge is -2.23. The van der Waals surface area contributed by atoms with Crippen molar-refractivity contribution in [1.82, 2.24) is 10.1 Å². The van der Waals surface area contributed by atoms with E-state index < -0.39 is 0 Å². The second kappa shape index (κ2) is 5.15. The average molecular weight is 286 g/mol. The van der Waals surface area contributed by atoms with E-state index in [9.17, 15) is 5.11 Å². The molecule has 1 fully saturated rings. The number of rotatable bonds is 4. The maximum absolute atomic E-state index is 10.0. The van der Waals surface area contributed by atoms with Gasteiger partial charge in [-0.25, -0.2) is 0 Å². The molecule has 0 saturated heterocycles. The third-order valence-corrected chi connectivity index (χ3v) is 4.21. The van der Waals surface area contributed by atoms with Crippen LogP contribution in [0, 0.1) is 0 Å². The van der Waals surface area contributed by atoms with Crippen molar-refractivity contribution in [1.29, 1.82) is 0 Å². The van der Waals surface area contributed by atoms with Crippen LogP contribution in [0.25, 0.3) is 0 Å². The van der Waals surface area contributed by atoms with Crippen molar-refractivity contribution in [3.63, 3.8) is 0 Å². The zero-order chi connectivity index (χ0) is 14.2. The predicted molar refractivity (Wildman–Crippen MR) is 74.9 cm³/mol. The van der Waals surface area contributed by atoms with Crippen LogP contribution in [-0.4, -0.2) is 15.2 Å². The molecule has 2 aliphatic rings. The summed E-state index contributed by atoms with van der Waals surface area (Å²) in [7, 11) is 0. The van der Waals surface area contributed by atoms with Crippen LogP contribution in [0.1, 0.15) is 60.5 Å². The van der Waals surface area contributed by atoms with Crippen molar-refractivity contribution in [2.45, 2.75) is 50.7 Å². The lowest BCUT2D eigenvalue weighted by atomic mass is 9.89. The highest BCUT2D eigenvalue weighted by molar-refractivity contribution is 5.42. The van der Waals surface area contributed by atoms with Crippen LogP contribution in [0.2, 0.25) is 0 Å². The molecule has 110 valence electrons. The molecular weight excluding hydrogens is 268 g/mol. The van der Waals surface area contributed by atoms with Gasteiger partial charge in [-0.05, 0) is 49.3 Å². The Kier molecular flexibility index (Phi) is 3.15. The minimum Gasteiger partial charge on any atom is -0.483 e. The Labute approximate surface area is 122 Å². The van der Waals surface area contributed by atoms with Gasteiger partial charge >= 0.3 is 0 Å². The van der Waals surface area contributed by atoms with E-state index in [1.54, 1.807) is 0 Å². The maximum Gasteiger partial charge on any atom is 0.264 e. The predicted octanol–water partition coefficient (Wildman–Crippen LogP) is 2.90. The lowest BCUT2D eigenvalue weighted by Crippen LogP contribution is -2.11. The highest BCUT2D eigenvalue weighted by Gasteiger charge is 2.29. The Morgan fingerprint density at radius 2 is 2.19 bits per heavy atom. The molecule has 1 heterocycles. The van der Waals surface area contributed by atoms with E-state index in [0.717, 1.165) is 54.8 Å². The summed E-state index contributed by atoms with van der Waals surface area (Å²) in [4.78, 5) is 4.36. The van der Waals surface area contributed by atoms with Gasteiger partial charge in [0, 0.05) is 5.92 Å². The maximum atomic E-state index is 10.0. The summed E-state index contributed by atoms with van der Waals surface area (Å²) in [5, 5.41) is 14.0. The fourth-order valence-electron chi connectivity index (χ4n) is 2.90. The van der Waals surface area contributed by atoms with Gasteiger partial charge in [0.25, 0.3) is 5.89 Å². The summed E-state index contributed by atoms with van der Waals surface area (Å²) in [6.07, 6.45) is 4.70. The third-order valence-electron chi connectivity index (χ3n) is 4.21. The number of hydrogen-bond donors (Lipinski definition) is 1. The van der Waals surface area contributed by atoms with Crippen LogP contribution in [0.4, 0.5) is 0 Å². The van der Waals surface area contributed by atoms with E-state index in [0.29, 0.717) is 11.8 Å². The van der Waals surface area contributed by atoms with Gasteiger partial charge < -0.3 is 14.4 Å². The zero-order valence-corrected chi connectivity index (χ0v) is 11.8. The summed E-state index contributed by atoms with van der Waals surface area (Å²) in [5.41, 5.74) is 2.10. The Morgan fingerprint density at radius 1 is 1.29 bits per heavy atom. The lowest BCUT2D eigenvalue weighted by molar-refractivity contribution is 0.154. The monoisotopic (exact) mass is 286 g/mol. The van der Waals surface area contributed by atoms with Crippen LogP contribution in [0.3, 0.4) is 0 Å². The molecule has 4 rings (SSSR count). The molecule has 0 radical (unpaired) electrons. The van der Waals surface area contributed by atoms with E-state index in [2.05, 4.69) is 10.1 Å². The molecule has 21 heavy (non-hydrogen) atoms. The van der Waals surface area contributed by atoms with Crippen molar-refractivity contribution < 1.29 is 14.4 Å². The molecule has 2 aliphatic carbocycles. The fraction of sp³-hybridized carbons (Fsp3) is 0.500. The van der Waals surface area contributed by atoms with Gasteiger partial charge in [-0.3, -0.25) is 0 Å². The number of aliphatic hydroxyl groups excluding tert-OH is 1. The van der Waals surface area contributed by atoms with Crippen LogP contribution in [0.5, 0.6) is 5.75 Å². The number of aromatic nitrogens is 2. The minimum absolute atomic E-state index is 0.284. The van der Waals surface area contributed by atoms with E-state index in [1.165, 1.54) is 0 Å². The normalized spacial score (nSPS) is 21.1. The van der Waals surface area contributed by atoms with Crippen molar-refractivity contribution in [2.24, 2.45) is 0 Å². The molecule has 5 nitrogen and oxygen atoms in total. The Hall–Kier alpha value is -1.88. The summed E-state index contributed by atoms with van der Waals surface area (Å²) >= 11 is 0. The summed E-state index contributed by atoms with van der Waals surface area (Å²) in [6, 6.07) is 5.84. The minimum atomic E-state index is -0.373. The van der Waals surface area contributed by atoms with E-state index in [-0.39, 0.29) is 12.7 Å². The SMILES string of the molecule is O[C@@H]1CCCc2c(OCc3nc(C4CC4)no3)cccc21. The number of hydrogen-bond acceptors (Lipinski definition) is 5. The van der Waals surface area contributed by atoms with Crippen LogP contribution >= 0.6 is 0 Å². The van der Waals surface area contributed by atoms with Gasteiger partial charge in [0.05, 0.1) is 6.10 Å². The first kappa shape index (κ1) is 12.8. The summed E-state index contributed by atoms with van der Waals surface area (Å²) < 4.78 is 11.1. The molecule has 1 aromatic carbocycles. The second-order valence-corrected chi connectivity index (χ2v) is 5.84. The first-order valence-electron chi connectivity index (χ1n) is 7.56. The van der Waals surface area contributed by atoms with Crippen molar-refractivity contribution >= 4 is 0 Å². The standard InChI is InChI=1S/C16H18N2O3/c19-13-5-1-4-12-11(13)3-2-6-14(12)20-9-15-17-16(18-21-15)10-7-8-10/h2-3,6,10,13,19H,1,4-5,7-9H2/t13-/m1/s1. The third kappa shape index (κ3) is 2.53. The van der Waals surface area contributed by atoms with Crippen LogP contribution < -0.4 is 4.74 Å². The Bertz CT molecular complexity index is 649. The fourth-order valence-corrected chi connectivity index (χ4v) is 2.90. The largest absolute Gasteiger partial charge is 0.483 e. The van der Waals surface area contributed by atoms with E-state index in [1.807, 2.05) is 18.2 Å². The van der Waals surface area contributed by atoms with Crippen molar-refractivity contribution in [2.75, 3.05) is 0 Å². The molecule has 0 amide bonds. The van der Waals surface area contributed by atoms with Gasteiger partial charge in [0.1, 0.15) is 5.75 Å². The first-order chi connectivity index (χ1) is 10.3. The molecule has 1 N–H and O–H groups in total. The average Bonchev–Trinajstić information content (AvgIpc) is 3.25. The van der Waals surface area contributed by atoms with Crippen LogP contribution in [0.15, 0.2) is 22.7 Å². The van der Waals surface area contributed by atoms with Crippen molar-refractivity contribution in [3.05, 3.63) is 41.0 Å². The Morgan fingerprint density at radius 3 is 3.05 bits per heavy atom. The quantitative estimate of drug-likeness (QED) is 0.936. The van der Waals surface area contributed by atoms with Crippen molar-refractivity contribution in [3.8, 4) is 5.75 Å². The van der Waals surface area contributed by atoms with Gasteiger partial charge in [-0.15, -0.1) is 0 Å². The molecule has 0 bridgehead atoms. The highest BCUT2D eigenvalue weighted by atomic mass is 16.5. The molecule has 0 unspecified atom stereocenters. The van der Waals surface area contributed by atoms with Gasteiger partial charge in [0.15, 0.2) is 12.4 Å². The Balaban J connectivity index is 1.50. The molecular formula is C16H18N2O3. The zero-order valence-electron chi connectivity index (χ0n) is 11.8. The number of nitrogens with zero attached hydrogens (tertiary/aromatic N) is 2. The number of fused-ring (bicyclic) bond motifs is 1. The van der Waals surface area contributed by atoms with Gasteiger partial charge in [-0.2, -0.15) is 4.98 Å². The summed E-state index contributed by atoms with van der Waals surface area (Å²) in [6.45, 7) is 0.284. The number of ether oxygens (including phenoxy) is 1. The smallest absolute Gasteiger partial charge is 0.264 e. The van der Waals surface area contributed by atoms with Gasteiger partial charge in [-0.1, -0.05) is 17.3 Å². The molecule has 5 heteroatoms. The molecule has 0 spiro atoms. The van der Waals surface area contributed by atoms with Crippen LogP contribution in [-0.2, 0) is 13.0 Å². The summed E-state index contributed by atoms with van der Waals surface area (Å²) in [5.74, 6) is 2.63. The van der Waals surface area contributed by atoms with E-state index in [4.69, 9.17) is 9.26 Å². The van der Waals surface area contributed by atoms with E-state index >= 15 is 0 Å².